The van der Waals surface area contributed by atoms with Crippen LogP contribution in [0.3, 0.4) is 0 Å². The number of pyridine rings is 1. The maximum absolute atomic E-state index is 13.0. The lowest BCUT2D eigenvalue weighted by Crippen LogP contribution is -2.35. The van der Waals surface area contributed by atoms with Crippen LogP contribution in [0.5, 0.6) is 5.75 Å². The number of aromatic nitrogens is 1. The molecule has 28 heavy (non-hydrogen) atoms. The van der Waals surface area contributed by atoms with Gasteiger partial charge >= 0.3 is 0 Å². The third-order valence-corrected chi connectivity index (χ3v) is 5.76. The fourth-order valence-corrected chi connectivity index (χ4v) is 4.10. The van der Waals surface area contributed by atoms with Crippen molar-refractivity contribution in [2.45, 2.75) is 45.1 Å². The zero-order chi connectivity index (χ0) is 19.5. The molecule has 1 aromatic heterocycles. The number of phenolic OH excluding ortho intramolecular Hbond substituents is 1. The second-order valence-electron chi connectivity index (χ2n) is 7.77. The van der Waals surface area contributed by atoms with Crippen LogP contribution in [0, 0.1) is 12.8 Å². The van der Waals surface area contributed by atoms with Crippen LogP contribution in [0.15, 0.2) is 54.7 Å². The van der Waals surface area contributed by atoms with Crippen LogP contribution in [-0.2, 0) is 4.79 Å². The zero-order valence-corrected chi connectivity index (χ0v) is 16.2. The first-order valence-electron chi connectivity index (χ1n) is 10.1. The zero-order valence-electron chi connectivity index (χ0n) is 16.2. The van der Waals surface area contributed by atoms with Gasteiger partial charge in [0, 0.05) is 23.1 Å². The molecule has 0 aliphatic heterocycles. The molecule has 1 heterocycles. The quantitative estimate of drug-likeness (QED) is 0.673. The standard InChI is InChI=1S/C24H26N2O2/c1-16-9-11-18(12-10-16)21(26-24(28)19-6-3-2-4-7-19)20-14-13-17-8-5-15-25-22(17)23(20)27/h5,8-15,19,21,27H,2-4,6-7H2,1H3,(H,26,28)/t21-/m0/s1. The van der Waals surface area contributed by atoms with Gasteiger partial charge in [-0.15, -0.1) is 0 Å². The average molecular weight is 374 g/mol. The van der Waals surface area contributed by atoms with E-state index in [-0.39, 0.29) is 17.6 Å². The third-order valence-electron chi connectivity index (χ3n) is 5.76. The van der Waals surface area contributed by atoms with Gasteiger partial charge in [-0.25, -0.2) is 0 Å². The van der Waals surface area contributed by atoms with Gasteiger partial charge in [0.05, 0.1) is 6.04 Å². The Kier molecular flexibility index (Phi) is 5.29. The molecule has 4 nitrogen and oxygen atoms in total. The Bertz CT molecular complexity index is 976. The number of nitrogens with one attached hydrogen (secondary N) is 1. The molecule has 1 fully saturated rings. The normalized spacial score (nSPS) is 16.0. The largest absolute Gasteiger partial charge is 0.505 e. The van der Waals surface area contributed by atoms with Crippen molar-refractivity contribution in [1.29, 1.82) is 0 Å². The second kappa shape index (κ2) is 8.01. The van der Waals surface area contributed by atoms with E-state index in [1.54, 1.807) is 6.20 Å². The maximum atomic E-state index is 13.0. The summed E-state index contributed by atoms with van der Waals surface area (Å²) in [6.07, 6.45) is 6.99. The smallest absolute Gasteiger partial charge is 0.223 e. The van der Waals surface area contributed by atoms with E-state index in [0.29, 0.717) is 11.1 Å². The molecular weight excluding hydrogens is 348 g/mol. The van der Waals surface area contributed by atoms with Crippen molar-refractivity contribution in [2.75, 3.05) is 0 Å². The minimum absolute atomic E-state index is 0.0578. The van der Waals surface area contributed by atoms with E-state index >= 15 is 0 Å². The summed E-state index contributed by atoms with van der Waals surface area (Å²) in [5, 5.41) is 15.0. The average Bonchev–Trinajstić information content (AvgIpc) is 2.74. The van der Waals surface area contributed by atoms with Crippen LogP contribution in [0.2, 0.25) is 0 Å². The van der Waals surface area contributed by atoms with Crippen LogP contribution in [0.1, 0.15) is 54.8 Å². The van der Waals surface area contributed by atoms with Gasteiger partial charge in [0.15, 0.2) is 0 Å². The van der Waals surface area contributed by atoms with Gasteiger partial charge in [0.1, 0.15) is 11.3 Å². The Morgan fingerprint density at radius 2 is 1.82 bits per heavy atom. The van der Waals surface area contributed by atoms with Crippen molar-refractivity contribution in [2.24, 2.45) is 5.92 Å². The number of carbonyl (C=O) groups is 1. The van der Waals surface area contributed by atoms with Gasteiger partial charge in [0.25, 0.3) is 0 Å². The highest BCUT2D eigenvalue weighted by Gasteiger charge is 2.26. The van der Waals surface area contributed by atoms with Crippen LogP contribution in [0.25, 0.3) is 10.9 Å². The summed E-state index contributed by atoms with van der Waals surface area (Å²) in [5.41, 5.74) is 3.36. The fraction of sp³-hybridized carbons (Fsp3) is 0.333. The van der Waals surface area contributed by atoms with Crippen molar-refractivity contribution >= 4 is 16.8 Å². The summed E-state index contributed by atoms with van der Waals surface area (Å²) in [6.45, 7) is 2.04. The number of hydrogen-bond acceptors (Lipinski definition) is 3. The molecule has 1 amide bonds. The number of hydrogen-bond donors (Lipinski definition) is 2. The topological polar surface area (TPSA) is 62.2 Å². The summed E-state index contributed by atoms with van der Waals surface area (Å²) in [4.78, 5) is 17.3. The predicted octanol–water partition coefficient (Wildman–Crippen LogP) is 5.03. The molecule has 1 atom stereocenters. The predicted molar refractivity (Wildman–Crippen MR) is 111 cm³/mol. The molecule has 4 heteroatoms. The third kappa shape index (κ3) is 3.72. The maximum Gasteiger partial charge on any atom is 0.223 e. The van der Waals surface area contributed by atoms with Crippen LogP contribution >= 0.6 is 0 Å². The molecule has 0 unspecified atom stereocenters. The van der Waals surface area contributed by atoms with Crippen LogP contribution in [0.4, 0.5) is 0 Å². The number of amides is 1. The highest BCUT2D eigenvalue weighted by molar-refractivity contribution is 5.86. The van der Waals surface area contributed by atoms with Crippen LogP contribution in [-0.4, -0.2) is 16.0 Å². The highest BCUT2D eigenvalue weighted by atomic mass is 16.3. The molecule has 1 aliphatic rings. The minimum Gasteiger partial charge on any atom is -0.505 e. The Balaban J connectivity index is 1.73. The first-order valence-corrected chi connectivity index (χ1v) is 10.1. The van der Waals surface area contributed by atoms with E-state index in [4.69, 9.17) is 0 Å². The molecule has 0 radical (unpaired) electrons. The highest BCUT2D eigenvalue weighted by Crippen LogP contribution is 2.35. The molecule has 0 saturated heterocycles. The SMILES string of the molecule is Cc1ccc([C@H](NC(=O)C2CCCCC2)c2ccc3cccnc3c2O)cc1. The lowest BCUT2D eigenvalue weighted by Gasteiger charge is -2.26. The molecule has 3 aromatic rings. The van der Waals surface area contributed by atoms with Crippen LogP contribution < -0.4 is 5.32 Å². The van der Waals surface area contributed by atoms with Gasteiger partial charge in [-0.05, 0) is 31.4 Å². The van der Waals surface area contributed by atoms with Gasteiger partial charge in [-0.3, -0.25) is 9.78 Å². The number of aryl methyl sites for hydroxylation is 1. The molecule has 1 saturated carbocycles. The van der Waals surface area contributed by atoms with E-state index < -0.39 is 6.04 Å². The van der Waals surface area contributed by atoms with Gasteiger partial charge in [-0.2, -0.15) is 0 Å². The summed E-state index contributed by atoms with van der Waals surface area (Å²) < 4.78 is 0. The van der Waals surface area contributed by atoms with Crippen molar-refractivity contribution in [1.82, 2.24) is 10.3 Å². The summed E-state index contributed by atoms with van der Waals surface area (Å²) >= 11 is 0. The molecule has 1 aliphatic carbocycles. The number of benzene rings is 2. The summed E-state index contributed by atoms with van der Waals surface area (Å²) in [5.74, 6) is 0.265. The van der Waals surface area contributed by atoms with Crippen molar-refractivity contribution in [3.05, 3.63) is 71.4 Å². The number of nitrogens with zero attached hydrogens (tertiary/aromatic N) is 1. The first kappa shape index (κ1) is 18.5. The van der Waals surface area contributed by atoms with E-state index in [9.17, 15) is 9.90 Å². The minimum atomic E-state index is -0.401. The van der Waals surface area contributed by atoms with E-state index in [0.717, 1.165) is 42.2 Å². The first-order chi connectivity index (χ1) is 13.6. The number of carbonyl (C=O) groups excluding carboxylic acids is 1. The molecule has 0 spiro atoms. The Hall–Kier alpha value is -2.88. The van der Waals surface area contributed by atoms with Gasteiger partial charge in [0.2, 0.25) is 5.91 Å². The Morgan fingerprint density at radius 1 is 1.07 bits per heavy atom. The lowest BCUT2D eigenvalue weighted by molar-refractivity contribution is -0.126. The van der Waals surface area contributed by atoms with Crippen molar-refractivity contribution in [3.63, 3.8) is 0 Å². The number of rotatable bonds is 4. The van der Waals surface area contributed by atoms with E-state index in [1.807, 2.05) is 55.5 Å². The van der Waals surface area contributed by atoms with E-state index in [2.05, 4.69) is 10.3 Å². The van der Waals surface area contributed by atoms with Crippen molar-refractivity contribution < 1.29 is 9.90 Å². The summed E-state index contributed by atoms with van der Waals surface area (Å²) in [7, 11) is 0. The number of aromatic hydroxyl groups is 1. The lowest BCUT2D eigenvalue weighted by atomic mass is 9.87. The fourth-order valence-electron chi connectivity index (χ4n) is 4.10. The number of phenols is 1. The Labute approximate surface area is 165 Å². The molecule has 144 valence electrons. The molecular formula is C24H26N2O2. The molecule has 2 aromatic carbocycles. The summed E-state index contributed by atoms with van der Waals surface area (Å²) in [6, 6.07) is 15.3. The molecule has 2 N–H and O–H groups in total. The van der Waals surface area contributed by atoms with Gasteiger partial charge in [-0.1, -0.05) is 67.3 Å². The molecule has 0 bridgehead atoms. The monoisotopic (exact) mass is 374 g/mol. The Morgan fingerprint density at radius 3 is 2.57 bits per heavy atom. The molecule has 4 rings (SSSR count). The van der Waals surface area contributed by atoms with Gasteiger partial charge < -0.3 is 10.4 Å². The second-order valence-corrected chi connectivity index (χ2v) is 7.77. The van der Waals surface area contributed by atoms with Crippen molar-refractivity contribution in [3.8, 4) is 5.75 Å². The number of fused-ring (bicyclic) bond motifs is 1. The van der Waals surface area contributed by atoms with E-state index in [1.165, 1.54) is 6.42 Å².